The molecule has 2 aromatic rings. The quantitative estimate of drug-likeness (QED) is 0.688. The molecule has 0 aliphatic rings. The van der Waals surface area contributed by atoms with Gasteiger partial charge in [0.1, 0.15) is 0 Å². The minimum absolute atomic E-state index is 0.00868. The second kappa shape index (κ2) is 8.31. The molecule has 2 amide bonds. The van der Waals surface area contributed by atoms with Gasteiger partial charge in [-0.2, -0.15) is 0 Å². The fourth-order valence-corrected chi connectivity index (χ4v) is 2.51. The fourth-order valence-electron chi connectivity index (χ4n) is 1.89. The molecule has 6 heteroatoms. The smallest absolute Gasteiger partial charge is 0.265 e. The van der Waals surface area contributed by atoms with Gasteiger partial charge in [-0.25, -0.2) is 0 Å². The molecular weight excluding hydrogens is 298 g/mol. The summed E-state index contributed by atoms with van der Waals surface area (Å²) in [5, 5.41) is 10.5. The Kier molecular flexibility index (Phi) is 6.12. The summed E-state index contributed by atoms with van der Waals surface area (Å²) in [6.07, 6.45) is 1.29. The Bertz CT molecular complexity index is 609. The Morgan fingerprint density at radius 1 is 1.05 bits per heavy atom. The first-order valence-corrected chi connectivity index (χ1v) is 7.96. The van der Waals surface area contributed by atoms with Gasteiger partial charge >= 0.3 is 0 Å². The average molecular weight is 317 g/mol. The van der Waals surface area contributed by atoms with Crippen molar-refractivity contribution >= 4 is 34.5 Å². The molecule has 0 saturated carbocycles. The zero-order valence-corrected chi connectivity index (χ0v) is 13.2. The van der Waals surface area contributed by atoms with Crippen LogP contribution < -0.4 is 16.0 Å². The summed E-state index contributed by atoms with van der Waals surface area (Å²) in [5.74, 6) is -0.135. The number of carbonyl (C=O) groups is 2. The molecule has 0 aliphatic carbocycles. The number of nitrogens with one attached hydrogen (secondary N) is 3. The van der Waals surface area contributed by atoms with Crippen LogP contribution in [0.3, 0.4) is 0 Å². The van der Waals surface area contributed by atoms with Gasteiger partial charge in [-0.3, -0.25) is 9.59 Å². The average Bonchev–Trinajstić information content (AvgIpc) is 3.04. The molecule has 0 unspecified atom stereocenters. The van der Waals surface area contributed by atoms with Crippen LogP contribution in [-0.2, 0) is 4.79 Å². The molecule has 0 aliphatic heterocycles. The first kappa shape index (κ1) is 16.2. The predicted octanol–water partition coefficient (Wildman–Crippen LogP) is 2.94. The number of hydrogen-bond donors (Lipinski definition) is 3. The van der Waals surface area contributed by atoms with Crippen LogP contribution in [0.15, 0.2) is 41.8 Å². The van der Waals surface area contributed by atoms with Crippen LogP contribution in [0.2, 0.25) is 0 Å². The lowest BCUT2D eigenvalue weighted by atomic mass is 10.2. The minimum Gasteiger partial charge on any atom is -0.326 e. The molecule has 116 valence electrons. The van der Waals surface area contributed by atoms with Crippen LogP contribution in [-0.4, -0.2) is 25.4 Å². The Morgan fingerprint density at radius 2 is 1.73 bits per heavy atom. The van der Waals surface area contributed by atoms with Gasteiger partial charge in [-0.05, 0) is 55.7 Å². The number of amides is 2. The van der Waals surface area contributed by atoms with Crippen molar-refractivity contribution in [3.8, 4) is 0 Å². The number of benzene rings is 1. The fraction of sp³-hybridized carbons (Fsp3) is 0.250. The van der Waals surface area contributed by atoms with Gasteiger partial charge in [-0.15, -0.1) is 11.3 Å². The van der Waals surface area contributed by atoms with E-state index in [0.29, 0.717) is 17.0 Å². The van der Waals surface area contributed by atoms with Crippen LogP contribution in [0.25, 0.3) is 0 Å². The van der Waals surface area contributed by atoms with Gasteiger partial charge < -0.3 is 16.0 Å². The van der Waals surface area contributed by atoms with Crippen molar-refractivity contribution in [3.63, 3.8) is 0 Å². The molecule has 2 rings (SSSR count). The number of carbonyl (C=O) groups excluding carboxylic acids is 2. The lowest BCUT2D eigenvalue weighted by Crippen LogP contribution is -2.15. The van der Waals surface area contributed by atoms with Crippen molar-refractivity contribution in [1.29, 1.82) is 0 Å². The van der Waals surface area contributed by atoms with Crippen LogP contribution in [0.1, 0.15) is 22.5 Å². The maximum Gasteiger partial charge on any atom is 0.265 e. The van der Waals surface area contributed by atoms with Crippen molar-refractivity contribution < 1.29 is 9.59 Å². The first-order valence-electron chi connectivity index (χ1n) is 7.08. The molecule has 0 bridgehead atoms. The maximum atomic E-state index is 11.9. The third-order valence-corrected chi connectivity index (χ3v) is 3.87. The lowest BCUT2D eigenvalue weighted by Gasteiger charge is -2.07. The third kappa shape index (κ3) is 4.98. The number of anilines is 2. The molecule has 0 spiro atoms. The van der Waals surface area contributed by atoms with E-state index in [4.69, 9.17) is 0 Å². The zero-order valence-electron chi connectivity index (χ0n) is 12.4. The normalized spacial score (nSPS) is 10.2. The van der Waals surface area contributed by atoms with E-state index in [0.717, 1.165) is 18.7 Å². The van der Waals surface area contributed by atoms with E-state index in [1.807, 2.05) is 18.5 Å². The van der Waals surface area contributed by atoms with Gasteiger partial charge in [-0.1, -0.05) is 6.07 Å². The van der Waals surface area contributed by atoms with E-state index >= 15 is 0 Å². The maximum absolute atomic E-state index is 11.9. The SMILES string of the molecule is CNCCCC(=O)Nc1ccc(NC(=O)c2cccs2)cc1. The highest BCUT2D eigenvalue weighted by Crippen LogP contribution is 2.16. The summed E-state index contributed by atoms with van der Waals surface area (Å²) >= 11 is 1.40. The molecule has 0 atom stereocenters. The van der Waals surface area contributed by atoms with E-state index < -0.39 is 0 Å². The van der Waals surface area contributed by atoms with E-state index in [-0.39, 0.29) is 11.8 Å². The molecule has 0 radical (unpaired) electrons. The molecule has 0 fully saturated rings. The monoisotopic (exact) mass is 317 g/mol. The van der Waals surface area contributed by atoms with Crippen molar-refractivity contribution in [2.24, 2.45) is 0 Å². The predicted molar refractivity (Wildman–Crippen MR) is 90.5 cm³/mol. The van der Waals surface area contributed by atoms with Crippen LogP contribution in [0.4, 0.5) is 11.4 Å². The topological polar surface area (TPSA) is 70.2 Å². The molecule has 1 aromatic heterocycles. The van der Waals surface area contributed by atoms with Gasteiger partial charge in [0.05, 0.1) is 4.88 Å². The first-order chi connectivity index (χ1) is 10.7. The molecule has 5 nitrogen and oxygen atoms in total. The van der Waals surface area contributed by atoms with Crippen molar-refractivity contribution in [1.82, 2.24) is 5.32 Å². The summed E-state index contributed by atoms with van der Waals surface area (Å²) in [5.41, 5.74) is 1.43. The van der Waals surface area contributed by atoms with Crippen LogP contribution in [0, 0.1) is 0 Å². The summed E-state index contributed by atoms with van der Waals surface area (Å²) in [4.78, 5) is 24.3. The molecule has 0 saturated heterocycles. The van der Waals surface area contributed by atoms with Crippen LogP contribution >= 0.6 is 11.3 Å². The zero-order chi connectivity index (χ0) is 15.8. The lowest BCUT2D eigenvalue weighted by molar-refractivity contribution is -0.116. The molecular formula is C16H19N3O2S. The standard InChI is InChI=1S/C16H19N3O2S/c1-17-10-2-5-15(20)18-12-6-8-13(9-7-12)19-16(21)14-4-3-11-22-14/h3-4,6-9,11,17H,2,5,10H2,1H3,(H,18,20)(H,19,21). The van der Waals surface area contributed by atoms with E-state index in [9.17, 15) is 9.59 Å². The molecule has 1 heterocycles. The van der Waals surface area contributed by atoms with Gasteiger partial charge in [0.2, 0.25) is 5.91 Å². The van der Waals surface area contributed by atoms with E-state index in [2.05, 4.69) is 16.0 Å². The summed E-state index contributed by atoms with van der Waals surface area (Å²) in [7, 11) is 1.86. The third-order valence-electron chi connectivity index (χ3n) is 3.00. The van der Waals surface area contributed by atoms with Crippen molar-refractivity contribution in [2.45, 2.75) is 12.8 Å². The van der Waals surface area contributed by atoms with Crippen molar-refractivity contribution in [2.75, 3.05) is 24.2 Å². The second-order valence-corrected chi connectivity index (χ2v) is 5.71. The highest BCUT2D eigenvalue weighted by molar-refractivity contribution is 7.12. The summed E-state index contributed by atoms with van der Waals surface area (Å²) < 4.78 is 0. The van der Waals surface area contributed by atoms with E-state index in [1.165, 1.54) is 11.3 Å². The Hall–Kier alpha value is -2.18. The van der Waals surface area contributed by atoms with E-state index in [1.54, 1.807) is 30.3 Å². The molecule has 1 aromatic carbocycles. The second-order valence-electron chi connectivity index (χ2n) is 4.76. The number of hydrogen-bond acceptors (Lipinski definition) is 4. The number of thiophene rings is 1. The Balaban J connectivity index is 1.85. The minimum atomic E-state index is -0.126. The van der Waals surface area contributed by atoms with Crippen molar-refractivity contribution in [3.05, 3.63) is 46.7 Å². The summed E-state index contributed by atoms with van der Waals surface area (Å²) in [6, 6.07) is 10.7. The van der Waals surface area contributed by atoms with Gasteiger partial charge in [0.15, 0.2) is 0 Å². The molecule has 22 heavy (non-hydrogen) atoms. The summed E-state index contributed by atoms with van der Waals surface area (Å²) in [6.45, 7) is 0.821. The van der Waals surface area contributed by atoms with Gasteiger partial charge in [0, 0.05) is 17.8 Å². The molecule has 3 N–H and O–H groups in total. The Morgan fingerprint density at radius 3 is 2.32 bits per heavy atom. The highest BCUT2D eigenvalue weighted by Gasteiger charge is 2.07. The number of rotatable bonds is 7. The van der Waals surface area contributed by atoms with Gasteiger partial charge in [0.25, 0.3) is 5.91 Å². The van der Waals surface area contributed by atoms with Crippen LogP contribution in [0.5, 0.6) is 0 Å². The highest BCUT2D eigenvalue weighted by atomic mass is 32.1. The Labute approximate surface area is 133 Å². The largest absolute Gasteiger partial charge is 0.326 e.